The average molecular weight is 562 g/mol. The monoisotopic (exact) mass is 560 g/mol. The van der Waals surface area contributed by atoms with Crippen molar-refractivity contribution >= 4 is 35.0 Å². The third-order valence-corrected chi connectivity index (χ3v) is 8.93. The number of piperidine rings is 1. The number of hydrogen-bond donors (Lipinski definition) is 1. The zero-order valence-electron chi connectivity index (χ0n) is 21.9. The molecule has 3 fully saturated rings. The first-order valence-electron chi connectivity index (χ1n) is 13.2. The highest BCUT2D eigenvalue weighted by Crippen LogP contribution is 2.42. The van der Waals surface area contributed by atoms with E-state index in [1.807, 2.05) is 11.0 Å². The Kier molecular flexibility index (Phi) is 8.08. The van der Waals surface area contributed by atoms with Gasteiger partial charge in [-0.15, -0.1) is 0 Å². The second-order valence-corrected chi connectivity index (χ2v) is 11.6. The number of likely N-dealkylation sites (tertiary alicyclic amines) is 1. The second-order valence-electron chi connectivity index (χ2n) is 10.8. The second kappa shape index (κ2) is 11.3. The minimum atomic E-state index is -0.236. The Morgan fingerprint density at radius 3 is 2.61 bits per heavy atom. The summed E-state index contributed by atoms with van der Waals surface area (Å²) in [6, 6.07) is 8.74. The molecule has 1 unspecified atom stereocenters. The van der Waals surface area contributed by atoms with Crippen LogP contribution < -0.4 is 14.8 Å². The number of carbonyl (C=O) groups is 2. The van der Waals surface area contributed by atoms with Crippen LogP contribution in [0.15, 0.2) is 30.3 Å². The molecule has 0 bridgehead atoms. The smallest absolute Gasteiger partial charge is 0.253 e. The highest BCUT2D eigenvalue weighted by atomic mass is 35.5. The van der Waals surface area contributed by atoms with E-state index in [1.165, 1.54) is 12.8 Å². The maximum Gasteiger partial charge on any atom is 0.253 e. The van der Waals surface area contributed by atoms with Crippen LogP contribution in [0.4, 0.5) is 0 Å². The Bertz CT molecular complexity index is 1210. The molecule has 2 aromatic rings. The molecule has 5 rings (SSSR count). The van der Waals surface area contributed by atoms with E-state index in [0.717, 1.165) is 19.3 Å². The summed E-state index contributed by atoms with van der Waals surface area (Å²) in [6.07, 6.45) is 4.91. The summed E-state index contributed by atoms with van der Waals surface area (Å²) in [7, 11) is 1.61. The van der Waals surface area contributed by atoms with Crippen molar-refractivity contribution in [3.63, 3.8) is 0 Å². The van der Waals surface area contributed by atoms with Gasteiger partial charge in [-0.1, -0.05) is 23.2 Å². The van der Waals surface area contributed by atoms with Crippen LogP contribution in [0.25, 0.3) is 0 Å². The maximum atomic E-state index is 13.3. The van der Waals surface area contributed by atoms with Crippen LogP contribution in [0, 0.1) is 18.3 Å². The van der Waals surface area contributed by atoms with Gasteiger partial charge in [0, 0.05) is 30.2 Å². The number of carbonyl (C=O) groups excluding carboxylic acids is 2. The lowest BCUT2D eigenvalue weighted by atomic mass is 9.76. The first-order valence-corrected chi connectivity index (χ1v) is 14.0. The Hall–Kier alpha value is -2.48. The van der Waals surface area contributed by atoms with Crippen LogP contribution in [0.2, 0.25) is 10.0 Å². The largest absolute Gasteiger partial charge is 0.493 e. The lowest BCUT2D eigenvalue weighted by molar-refractivity contribution is 0.0495. The SMILES string of the molecule is COc1ccc(C(=O)N2CCC3(CC2)COC(CNC(=O)c2ccc(Cl)c(C)c2Cl)C3)cc1OCC1CC1. The van der Waals surface area contributed by atoms with Crippen LogP contribution in [-0.4, -0.2) is 62.8 Å². The molecule has 2 amide bonds. The first kappa shape index (κ1) is 27.1. The molecule has 7 nitrogen and oxygen atoms in total. The molecule has 38 heavy (non-hydrogen) atoms. The predicted molar refractivity (Wildman–Crippen MR) is 147 cm³/mol. The molecular formula is C29H34Cl2N2O5. The minimum absolute atomic E-state index is 0.0108. The molecule has 0 radical (unpaired) electrons. The molecule has 2 aromatic carbocycles. The summed E-state index contributed by atoms with van der Waals surface area (Å²) in [5.74, 6) is 1.66. The van der Waals surface area contributed by atoms with Crippen LogP contribution >= 0.6 is 23.2 Å². The van der Waals surface area contributed by atoms with Gasteiger partial charge in [0.15, 0.2) is 11.5 Å². The number of hydrogen-bond acceptors (Lipinski definition) is 5. The molecule has 9 heteroatoms. The third-order valence-electron chi connectivity index (χ3n) is 8.03. The molecule has 2 heterocycles. The van der Waals surface area contributed by atoms with Crippen LogP contribution in [0.3, 0.4) is 0 Å². The standard InChI is InChI=1S/C29H34Cl2N2O5/c1-18-23(30)7-6-22(26(18)31)27(34)32-15-21-14-29(17-38-21)9-11-33(12-10-29)28(35)20-5-8-24(36-2)25(13-20)37-16-19-3-4-19/h5-8,13,19,21H,3-4,9-12,14-17H2,1-2H3,(H,32,34). The van der Waals surface area contributed by atoms with Crippen molar-refractivity contribution in [3.8, 4) is 11.5 Å². The summed E-state index contributed by atoms with van der Waals surface area (Å²) in [4.78, 5) is 27.9. The average Bonchev–Trinajstić information content (AvgIpc) is 3.69. The van der Waals surface area contributed by atoms with Crippen molar-refractivity contribution in [2.24, 2.45) is 11.3 Å². The number of nitrogens with zero attached hydrogens (tertiary/aromatic N) is 1. The molecule has 2 aliphatic heterocycles. The van der Waals surface area contributed by atoms with Crippen molar-refractivity contribution in [1.82, 2.24) is 10.2 Å². The number of ether oxygens (including phenoxy) is 3. The lowest BCUT2D eigenvalue weighted by Gasteiger charge is -2.38. The number of benzene rings is 2. The van der Waals surface area contributed by atoms with E-state index in [4.69, 9.17) is 37.4 Å². The van der Waals surface area contributed by atoms with E-state index in [2.05, 4.69) is 5.32 Å². The molecule has 3 aliphatic rings. The third kappa shape index (κ3) is 5.90. The molecule has 1 N–H and O–H groups in total. The summed E-state index contributed by atoms with van der Waals surface area (Å²) in [5, 5.41) is 3.86. The highest BCUT2D eigenvalue weighted by Gasteiger charge is 2.43. The summed E-state index contributed by atoms with van der Waals surface area (Å²) in [5.41, 5.74) is 1.74. The van der Waals surface area contributed by atoms with Gasteiger partial charge in [0.25, 0.3) is 11.8 Å². The summed E-state index contributed by atoms with van der Waals surface area (Å²) in [6.45, 7) is 4.85. The number of nitrogens with one attached hydrogen (secondary N) is 1. The van der Waals surface area contributed by atoms with Gasteiger partial charge in [0.2, 0.25) is 0 Å². The molecule has 1 atom stereocenters. The molecule has 204 valence electrons. The highest BCUT2D eigenvalue weighted by molar-refractivity contribution is 6.38. The summed E-state index contributed by atoms with van der Waals surface area (Å²) < 4.78 is 17.4. The van der Waals surface area contributed by atoms with Crippen molar-refractivity contribution in [3.05, 3.63) is 57.1 Å². The molecule has 0 aromatic heterocycles. The lowest BCUT2D eigenvalue weighted by Crippen LogP contribution is -2.43. The van der Waals surface area contributed by atoms with Gasteiger partial charge in [-0.05, 0) is 86.3 Å². The van der Waals surface area contributed by atoms with Gasteiger partial charge < -0.3 is 24.4 Å². The number of halogens is 2. The predicted octanol–water partition coefficient (Wildman–Crippen LogP) is 5.54. The molecule has 1 aliphatic carbocycles. The topological polar surface area (TPSA) is 77.1 Å². The number of methoxy groups -OCH3 is 1. The summed E-state index contributed by atoms with van der Waals surface area (Å²) >= 11 is 12.4. The van der Waals surface area contributed by atoms with Gasteiger partial charge in [0.05, 0.1) is 37.0 Å². The molecule has 1 spiro atoms. The fourth-order valence-corrected chi connectivity index (χ4v) is 5.75. The van der Waals surface area contributed by atoms with Crippen molar-refractivity contribution in [2.75, 3.05) is 40.0 Å². The Labute approximate surface area is 233 Å². The Morgan fingerprint density at radius 2 is 1.89 bits per heavy atom. The van der Waals surface area contributed by atoms with E-state index >= 15 is 0 Å². The quantitative estimate of drug-likeness (QED) is 0.458. The van der Waals surface area contributed by atoms with E-state index < -0.39 is 0 Å². The Morgan fingerprint density at radius 1 is 1.13 bits per heavy atom. The fraction of sp³-hybridized carbons (Fsp3) is 0.517. The van der Waals surface area contributed by atoms with Crippen molar-refractivity contribution in [1.29, 1.82) is 0 Å². The van der Waals surface area contributed by atoms with Gasteiger partial charge >= 0.3 is 0 Å². The first-order chi connectivity index (χ1) is 18.3. The van der Waals surface area contributed by atoms with E-state index in [0.29, 0.717) is 77.0 Å². The van der Waals surface area contributed by atoms with Gasteiger partial charge in [-0.2, -0.15) is 0 Å². The van der Waals surface area contributed by atoms with Gasteiger partial charge in [-0.3, -0.25) is 9.59 Å². The van der Waals surface area contributed by atoms with E-state index in [1.54, 1.807) is 38.3 Å². The molecular weight excluding hydrogens is 527 g/mol. The number of rotatable bonds is 8. The van der Waals surface area contributed by atoms with Gasteiger partial charge in [0.1, 0.15) is 0 Å². The maximum absolute atomic E-state index is 13.3. The van der Waals surface area contributed by atoms with E-state index in [9.17, 15) is 9.59 Å². The van der Waals surface area contributed by atoms with Crippen LogP contribution in [0.1, 0.15) is 58.4 Å². The molecule has 2 saturated heterocycles. The minimum Gasteiger partial charge on any atom is -0.493 e. The van der Waals surface area contributed by atoms with E-state index in [-0.39, 0.29) is 23.3 Å². The van der Waals surface area contributed by atoms with Crippen LogP contribution in [-0.2, 0) is 4.74 Å². The normalized spacial score (nSPS) is 20.4. The zero-order chi connectivity index (χ0) is 26.9. The fourth-order valence-electron chi connectivity index (χ4n) is 5.30. The van der Waals surface area contributed by atoms with Crippen molar-refractivity contribution < 1.29 is 23.8 Å². The van der Waals surface area contributed by atoms with Crippen molar-refractivity contribution in [2.45, 2.75) is 45.1 Å². The van der Waals surface area contributed by atoms with Gasteiger partial charge in [-0.25, -0.2) is 0 Å². The van der Waals surface area contributed by atoms with Crippen LogP contribution in [0.5, 0.6) is 11.5 Å². The molecule has 1 saturated carbocycles. The number of amides is 2. The Balaban J connectivity index is 1.13. The zero-order valence-corrected chi connectivity index (χ0v) is 23.4.